The summed E-state index contributed by atoms with van der Waals surface area (Å²) in [5.74, 6) is 1.56. The van der Waals surface area contributed by atoms with Crippen molar-refractivity contribution < 1.29 is 9.53 Å². The Kier molecular flexibility index (Phi) is 5.64. The minimum absolute atomic E-state index is 0.296. The Morgan fingerprint density at radius 3 is 2.58 bits per heavy atom. The summed E-state index contributed by atoms with van der Waals surface area (Å²) < 4.78 is 5.09. The minimum Gasteiger partial charge on any atom is -0.384 e. The summed E-state index contributed by atoms with van der Waals surface area (Å²) in [6, 6.07) is 0.626. The number of nitrogens with zero attached hydrogens (tertiary/aromatic N) is 1. The number of carbonyl (C=O) groups is 1. The summed E-state index contributed by atoms with van der Waals surface area (Å²) in [5, 5.41) is 3.65. The predicted molar refractivity (Wildman–Crippen MR) is 76.0 cm³/mol. The van der Waals surface area contributed by atoms with E-state index in [9.17, 15) is 4.79 Å². The molecule has 0 spiro atoms. The number of likely N-dealkylation sites (tertiary alicyclic amines) is 1. The van der Waals surface area contributed by atoms with Crippen LogP contribution in [0.1, 0.15) is 39.0 Å². The molecule has 1 aliphatic heterocycles. The van der Waals surface area contributed by atoms with Gasteiger partial charge in [0.25, 0.3) is 0 Å². The number of carbonyl (C=O) groups excluding carboxylic acids is 1. The van der Waals surface area contributed by atoms with Gasteiger partial charge < -0.3 is 15.0 Å². The van der Waals surface area contributed by atoms with E-state index in [1.165, 1.54) is 19.4 Å². The van der Waals surface area contributed by atoms with Crippen LogP contribution in [0.4, 0.5) is 0 Å². The largest absolute Gasteiger partial charge is 0.384 e. The van der Waals surface area contributed by atoms with E-state index in [0.29, 0.717) is 30.9 Å². The van der Waals surface area contributed by atoms with Gasteiger partial charge in [-0.25, -0.2) is 0 Å². The third-order valence-electron chi connectivity index (χ3n) is 4.21. The van der Waals surface area contributed by atoms with Crippen molar-refractivity contribution in [2.45, 2.75) is 45.1 Å². The van der Waals surface area contributed by atoms with Crippen molar-refractivity contribution >= 4 is 5.91 Å². The topological polar surface area (TPSA) is 41.6 Å². The second kappa shape index (κ2) is 7.25. The summed E-state index contributed by atoms with van der Waals surface area (Å²) in [4.78, 5) is 14.1. The molecule has 2 aliphatic rings. The second-order valence-electron chi connectivity index (χ2n) is 6.27. The van der Waals surface area contributed by atoms with Crippen LogP contribution < -0.4 is 5.32 Å². The van der Waals surface area contributed by atoms with Crippen LogP contribution in [0.2, 0.25) is 0 Å². The quantitative estimate of drug-likeness (QED) is 0.763. The van der Waals surface area contributed by atoms with Crippen LogP contribution >= 0.6 is 0 Å². The Bertz CT molecular complexity index is 284. The molecule has 1 N–H and O–H groups in total. The lowest BCUT2D eigenvalue weighted by molar-refractivity contribution is -0.133. The van der Waals surface area contributed by atoms with Gasteiger partial charge in [0.15, 0.2) is 0 Å². The van der Waals surface area contributed by atoms with Crippen LogP contribution in [-0.4, -0.2) is 50.2 Å². The van der Waals surface area contributed by atoms with Crippen molar-refractivity contribution in [1.82, 2.24) is 10.2 Å². The molecule has 2 fully saturated rings. The standard InChI is InChI=1S/C15H28N2O2/c1-12(11-19-2)9-15(18)17-7-5-14(6-8-17)16-10-13-3-4-13/h12-14,16H,3-11H2,1-2H3. The molecule has 0 radical (unpaired) electrons. The smallest absolute Gasteiger partial charge is 0.222 e. The molecular weight excluding hydrogens is 240 g/mol. The highest BCUT2D eigenvalue weighted by atomic mass is 16.5. The molecule has 1 heterocycles. The first-order chi connectivity index (χ1) is 9.19. The van der Waals surface area contributed by atoms with Gasteiger partial charge in [-0.15, -0.1) is 0 Å². The van der Waals surface area contributed by atoms with Gasteiger partial charge in [-0.3, -0.25) is 4.79 Å². The first-order valence-corrected chi connectivity index (χ1v) is 7.69. The number of piperidine rings is 1. The van der Waals surface area contributed by atoms with Crippen molar-refractivity contribution in [1.29, 1.82) is 0 Å². The molecule has 1 saturated heterocycles. The number of amides is 1. The van der Waals surface area contributed by atoms with Crippen LogP contribution in [0.3, 0.4) is 0 Å². The zero-order valence-corrected chi connectivity index (χ0v) is 12.4. The summed E-state index contributed by atoms with van der Waals surface area (Å²) >= 11 is 0. The summed E-state index contributed by atoms with van der Waals surface area (Å²) in [5.41, 5.74) is 0. The summed E-state index contributed by atoms with van der Waals surface area (Å²) in [7, 11) is 1.69. The van der Waals surface area contributed by atoms with E-state index >= 15 is 0 Å². The van der Waals surface area contributed by atoms with Gasteiger partial charge in [0.1, 0.15) is 0 Å². The molecule has 1 saturated carbocycles. The van der Waals surface area contributed by atoms with E-state index in [1.807, 2.05) is 4.90 Å². The maximum Gasteiger partial charge on any atom is 0.222 e. The van der Waals surface area contributed by atoms with E-state index < -0.39 is 0 Å². The van der Waals surface area contributed by atoms with E-state index in [4.69, 9.17) is 4.74 Å². The van der Waals surface area contributed by atoms with Crippen molar-refractivity contribution in [3.8, 4) is 0 Å². The lowest BCUT2D eigenvalue weighted by Gasteiger charge is -2.33. The first kappa shape index (κ1) is 14.8. The lowest BCUT2D eigenvalue weighted by atomic mass is 10.0. The molecule has 1 amide bonds. The van der Waals surface area contributed by atoms with Crippen LogP contribution in [0.5, 0.6) is 0 Å². The molecule has 2 rings (SSSR count). The second-order valence-corrected chi connectivity index (χ2v) is 6.27. The Labute approximate surface area is 116 Å². The zero-order chi connectivity index (χ0) is 13.7. The van der Waals surface area contributed by atoms with Gasteiger partial charge in [0.2, 0.25) is 5.91 Å². The van der Waals surface area contributed by atoms with Gasteiger partial charge in [-0.2, -0.15) is 0 Å². The van der Waals surface area contributed by atoms with Gasteiger partial charge in [0, 0.05) is 39.3 Å². The molecule has 19 heavy (non-hydrogen) atoms. The highest BCUT2D eigenvalue weighted by molar-refractivity contribution is 5.76. The van der Waals surface area contributed by atoms with Crippen molar-refractivity contribution in [2.24, 2.45) is 11.8 Å². The normalized spacial score (nSPS) is 22.5. The molecule has 1 atom stereocenters. The van der Waals surface area contributed by atoms with Crippen molar-refractivity contribution in [2.75, 3.05) is 33.4 Å². The Morgan fingerprint density at radius 2 is 2.00 bits per heavy atom. The number of hydrogen-bond acceptors (Lipinski definition) is 3. The third-order valence-corrected chi connectivity index (χ3v) is 4.21. The third kappa shape index (κ3) is 5.11. The maximum absolute atomic E-state index is 12.1. The summed E-state index contributed by atoms with van der Waals surface area (Å²) in [6.45, 7) is 5.77. The fourth-order valence-corrected chi connectivity index (χ4v) is 2.76. The molecule has 1 aliphatic carbocycles. The SMILES string of the molecule is COCC(C)CC(=O)N1CCC(NCC2CC2)CC1. The van der Waals surface area contributed by atoms with Gasteiger partial charge >= 0.3 is 0 Å². The molecular formula is C15H28N2O2. The average molecular weight is 268 g/mol. The number of hydrogen-bond donors (Lipinski definition) is 1. The number of rotatable bonds is 7. The fraction of sp³-hybridized carbons (Fsp3) is 0.933. The number of methoxy groups -OCH3 is 1. The molecule has 0 bridgehead atoms. The number of ether oxygens (including phenoxy) is 1. The van der Waals surface area contributed by atoms with E-state index in [0.717, 1.165) is 31.8 Å². The van der Waals surface area contributed by atoms with Gasteiger partial charge in [-0.05, 0) is 44.1 Å². The van der Waals surface area contributed by atoms with Crippen LogP contribution in [0, 0.1) is 11.8 Å². The van der Waals surface area contributed by atoms with E-state index in [1.54, 1.807) is 7.11 Å². The first-order valence-electron chi connectivity index (χ1n) is 7.69. The van der Waals surface area contributed by atoms with Crippen LogP contribution in [-0.2, 0) is 9.53 Å². The van der Waals surface area contributed by atoms with Crippen molar-refractivity contribution in [3.05, 3.63) is 0 Å². The number of nitrogens with one attached hydrogen (secondary N) is 1. The highest BCUT2D eigenvalue weighted by Gasteiger charge is 2.26. The molecule has 1 unspecified atom stereocenters. The monoisotopic (exact) mass is 268 g/mol. The molecule has 0 aromatic carbocycles. The Hall–Kier alpha value is -0.610. The highest BCUT2D eigenvalue weighted by Crippen LogP contribution is 2.28. The molecule has 4 heteroatoms. The Balaban J connectivity index is 1.62. The lowest BCUT2D eigenvalue weighted by Crippen LogP contribution is -2.45. The summed E-state index contributed by atoms with van der Waals surface area (Å²) in [6.07, 6.45) is 5.64. The molecule has 4 nitrogen and oxygen atoms in total. The molecule has 0 aromatic rings. The average Bonchev–Trinajstić information content (AvgIpc) is 3.21. The van der Waals surface area contributed by atoms with Crippen LogP contribution in [0.25, 0.3) is 0 Å². The predicted octanol–water partition coefficient (Wildman–Crippen LogP) is 1.65. The molecule has 110 valence electrons. The van der Waals surface area contributed by atoms with E-state index in [-0.39, 0.29) is 0 Å². The van der Waals surface area contributed by atoms with Crippen LogP contribution in [0.15, 0.2) is 0 Å². The zero-order valence-electron chi connectivity index (χ0n) is 12.4. The molecule has 0 aromatic heterocycles. The maximum atomic E-state index is 12.1. The Morgan fingerprint density at radius 1 is 1.32 bits per heavy atom. The van der Waals surface area contributed by atoms with E-state index in [2.05, 4.69) is 12.2 Å². The minimum atomic E-state index is 0.296. The van der Waals surface area contributed by atoms with Gasteiger partial charge in [-0.1, -0.05) is 6.92 Å². The fourth-order valence-electron chi connectivity index (χ4n) is 2.76. The van der Waals surface area contributed by atoms with Gasteiger partial charge in [0.05, 0.1) is 0 Å². The van der Waals surface area contributed by atoms with Crippen molar-refractivity contribution in [3.63, 3.8) is 0 Å².